The highest BCUT2D eigenvalue weighted by Gasteiger charge is 2.33. The van der Waals surface area contributed by atoms with Gasteiger partial charge < -0.3 is 24.7 Å². The second-order valence-electron chi connectivity index (χ2n) is 7.73. The lowest BCUT2D eigenvalue weighted by molar-refractivity contribution is 0.323. The minimum atomic E-state index is -0.330. The van der Waals surface area contributed by atoms with E-state index in [4.69, 9.17) is 21.7 Å². The average molecular weight is 438 g/mol. The molecule has 1 aliphatic rings. The van der Waals surface area contributed by atoms with Crippen molar-refractivity contribution >= 4 is 28.2 Å². The lowest BCUT2D eigenvalue weighted by Gasteiger charge is -2.39. The van der Waals surface area contributed by atoms with Gasteiger partial charge in [-0.25, -0.2) is 0 Å². The molecule has 7 heteroatoms. The Balaban J connectivity index is 1.95. The first-order valence-electron chi connectivity index (χ1n) is 10.4. The molecular formula is C24H27N3O3S. The Kier molecular flexibility index (Phi) is 5.87. The maximum Gasteiger partial charge on any atom is 0.254 e. The molecule has 0 saturated heterocycles. The van der Waals surface area contributed by atoms with Crippen LogP contribution in [0.15, 0.2) is 41.2 Å². The number of pyridine rings is 1. The number of H-pyrrole nitrogens is 1. The summed E-state index contributed by atoms with van der Waals surface area (Å²) >= 11 is 5.70. The van der Waals surface area contributed by atoms with Gasteiger partial charge in [0.1, 0.15) is 0 Å². The quantitative estimate of drug-likeness (QED) is 0.607. The highest BCUT2D eigenvalue weighted by molar-refractivity contribution is 7.80. The Hall–Kier alpha value is -3.06. The smallest absolute Gasteiger partial charge is 0.254 e. The van der Waals surface area contributed by atoms with Crippen LogP contribution in [0, 0.1) is 6.92 Å². The van der Waals surface area contributed by atoms with E-state index in [0.29, 0.717) is 35.3 Å². The van der Waals surface area contributed by atoms with Crippen molar-refractivity contribution in [1.82, 2.24) is 15.2 Å². The number of aromatic nitrogens is 1. The molecule has 1 unspecified atom stereocenters. The van der Waals surface area contributed by atoms with Crippen LogP contribution in [0.4, 0.5) is 0 Å². The van der Waals surface area contributed by atoms with E-state index in [0.717, 1.165) is 34.0 Å². The summed E-state index contributed by atoms with van der Waals surface area (Å²) in [5.74, 6) is 1.32. The first-order chi connectivity index (χ1) is 15.0. The summed E-state index contributed by atoms with van der Waals surface area (Å²) in [7, 11) is 3.25. The standard InChI is InChI=1S/C24H27N3O3S/c1-5-25-24(31)27-9-8-15-12-20(29-3)21(30-4)13-17(15)22(27)18-11-16-10-14(2)6-7-19(16)26-23(18)28/h6-7,10-13,22H,5,8-9H2,1-4H3,(H,25,31)(H,26,28). The summed E-state index contributed by atoms with van der Waals surface area (Å²) < 4.78 is 11.1. The molecule has 2 heterocycles. The number of aromatic amines is 1. The van der Waals surface area contributed by atoms with Crippen molar-refractivity contribution in [2.75, 3.05) is 27.3 Å². The normalized spacial score (nSPS) is 15.5. The largest absolute Gasteiger partial charge is 0.493 e. The molecule has 6 nitrogen and oxygen atoms in total. The summed E-state index contributed by atoms with van der Waals surface area (Å²) in [5, 5.41) is 4.88. The van der Waals surface area contributed by atoms with Crippen molar-refractivity contribution in [3.05, 3.63) is 69.0 Å². The monoisotopic (exact) mass is 437 g/mol. The fraction of sp³-hybridized carbons (Fsp3) is 0.333. The molecule has 162 valence electrons. The molecule has 2 N–H and O–H groups in total. The highest BCUT2D eigenvalue weighted by Crippen LogP contribution is 2.40. The average Bonchev–Trinajstić information content (AvgIpc) is 2.77. The number of hydrogen-bond acceptors (Lipinski definition) is 4. The van der Waals surface area contributed by atoms with Gasteiger partial charge in [-0.15, -0.1) is 0 Å². The number of nitrogens with one attached hydrogen (secondary N) is 2. The molecule has 1 aromatic heterocycles. The lowest BCUT2D eigenvalue weighted by Crippen LogP contribution is -2.47. The van der Waals surface area contributed by atoms with Gasteiger partial charge in [0.25, 0.3) is 5.56 Å². The van der Waals surface area contributed by atoms with Crippen LogP contribution < -0.4 is 20.3 Å². The number of hydrogen-bond donors (Lipinski definition) is 2. The molecule has 2 aromatic carbocycles. The third kappa shape index (κ3) is 3.85. The lowest BCUT2D eigenvalue weighted by atomic mass is 9.88. The molecule has 4 rings (SSSR count). The maximum atomic E-state index is 13.2. The first kappa shape index (κ1) is 21.2. The molecule has 0 aliphatic carbocycles. The Morgan fingerprint density at radius 1 is 1.16 bits per heavy atom. The predicted octanol–water partition coefficient (Wildman–Crippen LogP) is 3.70. The minimum absolute atomic E-state index is 0.117. The molecule has 0 saturated carbocycles. The molecule has 0 bridgehead atoms. The van der Waals surface area contributed by atoms with Crippen LogP contribution >= 0.6 is 12.2 Å². The first-order valence-corrected chi connectivity index (χ1v) is 10.8. The third-order valence-electron chi connectivity index (χ3n) is 5.79. The Morgan fingerprint density at radius 2 is 1.90 bits per heavy atom. The number of benzene rings is 2. The van der Waals surface area contributed by atoms with Gasteiger partial charge in [-0.2, -0.15) is 0 Å². The van der Waals surface area contributed by atoms with Crippen molar-refractivity contribution in [3.63, 3.8) is 0 Å². The van der Waals surface area contributed by atoms with Gasteiger partial charge in [0.05, 0.1) is 20.3 Å². The van der Waals surface area contributed by atoms with Gasteiger partial charge in [0, 0.05) is 24.2 Å². The van der Waals surface area contributed by atoms with E-state index in [9.17, 15) is 4.79 Å². The minimum Gasteiger partial charge on any atom is -0.493 e. The van der Waals surface area contributed by atoms with Crippen LogP contribution in [0.5, 0.6) is 11.5 Å². The maximum absolute atomic E-state index is 13.2. The number of thiocarbonyl (C=S) groups is 1. The van der Waals surface area contributed by atoms with E-state index in [1.807, 2.05) is 44.2 Å². The van der Waals surface area contributed by atoms with Crippen LogP contribution in [0.1, 0.15) is 35.2 Å². The summed E-state index contributed by atoms with van der Waals surface area (Å²) in [6.45, 7) is 5.47. The van der Waals surface area contributed by atoms with Gasteiger partial charge in [-0.05, 0) is 79.3 Å². The Bertz CT molecular complexity index is 1200. The molecule has 0 fully saturated rings. The topological polar surface area (TPSA) is 66.6 Å². The predicted molar refractivity (Wildman–Crippen MR) is 127 cm³/mol. The zero-order valence-corrected chi connectivity index (χ0v) is 19.1. The van der Waals surface area contributed by atoms with Gasteiger partial charge >= 0.3 is 0 Å². The fourth-order valence-electron chi connectivity index (χ4n) is 4.30. The van der Waals surface area contributed by atoms with Crippen LogP contribution in [0.3, 0.4) is 0 Å². The van der Waals surface area contributed by atoms with E-state index < -0.39 is 0 Å². The van der Waals surface area contributed by atoms with Crippen molar-refractivity contribution in [1.29, 1.82) is 0 Å². The van der Waals surface area contributed by atoms with Crippen molar-refractivity contribution < 1.29 is 9.47 Å². The van der Waals surface area contributed by atoms with Crippen LogP contribution in [0.2, 0.25) is 0 Å². The third-order valence-corrected chi connectivity index (χ3v) is 6.16. The Morgan fingerprint density at radius 3 is 2.61 bits per heavy atom. The van der Waals surface area contributed by atoms with E-state index in [1.165, 1.54) is 0 Å². The molecule has 1 aliphatic heterocycles. The highest BCUT2D eigenvalue weighted by atomic mass is 32.1. The Labute approximate surface area is 187 Å². The number of aryl methyl sites for hydroxylation is 1. The number of nitrogens with zero attached hydrogens (tertiary/aromatic N) is 1. The molecule has 0 radical (unpaired) electrons. The number of methoxy groups -OCH3 is 2. The van der Waals surface area contributed by atoms with Crippen molar-refractivity contribution in [2.45, 2.75) is 26.3 Å². The van der Waals surface area contributed by atoms with Gasteiger partial charge in [-0.3, -0.25) is 4.79 Å². The molecule has 0 spiro atoms. The second kappa shape index (κ2) is 8.59. The number of ether oxygens (including phenoxy) is 2. The van der Waals surface area contributed by atoms with Crippen LogP contribution in [-0.4, -0.2) is 42.3 Å². The molecule has 0 amide bonds. The second-order valence-corrected chi connectivity index (χ2v) is 8.12. The fourth-order valence-corrected chi connectivity index (χ4v) is 4.64. The number of fused-ring (bicyclic) bond motifs is 2. The van der Waals surface area contributed by atoms with E-state index in [-0.39, 0.29) is 11.6 Å². The van der Waals surface area contributed by atoms with E-state index in [1.54, 1.807) is 14.2 Å². The molecule has 3 aromatic rings. The van der Waals surface area contributed by atoms with Gasteiger partial charge in [0.2, 0.25) is 0 Å². The zero-order chi connectivity index (χ0) is 22.1. The summed E-state index contributed by atoms with van der Waals surface area (Å²) in [6.07, 6.45) is 0.794. The molecule has 1 atom stereocenters. The van der Waals surface area contributed by atoms with Crippen LogP contribution in [0.25, 0.3) is 10.9 Å². The van der Waals surface area contributed by atoms with Gasteiger partial charge in [-0.1, -0.05) is 11.6 Å². The van der Waals surface area contributed by atoms with Crippen molar-refractivity contribution in [2.24, 2.45) is 0 Å². The van der Waals surface area contributed by atoms with E-state index in [2.05, 4.69) is 21.3 Å². The summed E-state index contributed by atoms with van der Waals surface area (Å²) in [5.41, 5.74) is 4.63. The van der Waals surface area contributed by atoms with Crippen LogP contribution in [-0.2, 0) is 6.42 Å². The van der Waals surface area contributed by atoms with Crippen molar-refractivity contribution in [3.8, 4) is 11.5 Å². The summed E-state index contributed by atoms with van der Waals surface area (Å²) in [4.78, 5) is 18.4. The SMILES string of the molecule is CCNC(=S)N1CCc2cc(OC)c(OC)cc2C1c1cc2cc(C)ccc2[nH]c1=O. The molecule has 31 heavy (non-hydrogen) atoms. The molecular weight excluding hydrogens is 410 g/mol. The summed E-state index contributed by atoms with van der Waals surface area (Å²) in [6, 6.07) is 11.7. The zero-order valence-electron chi connectivity index (χ0n) is 18.2. The van der Waals surface area contributed by atoms with E-state index >= 15 is 0 Å². The number of rotatable bonds is 4. The van der Waals surface area contributed by atoms with Gasteiger partial charge in [0.15, 0.2) is 16.6 Å².